The van der Waals surface area contributed by atoms with Gasteiger partial charge in [0.15, 0.2) is 0 Å². The van der Waals surface area contributed by atoms with Crippen molar-refractivity contribution in [1.29, 1.82) is 0 Å². The molecule has 1 N–H and O–H groups in total. The molecule has 1 unspecified atom stereocenters. The van der Waals surface area contributed by atoms with E-state index in [0.717, 1.165) is 19.4 Å². The van der Waals surface area contributed by atoms with Crippen LogP contribution in [-0.4, -0.2) is 30.9 Å². The molecule has 15 heavy (non-hydrogen) atoms. The molecule has 1 aliphatic heterocycles. The van der Waals surface area contributed by atoms with Gasteiger partial charge in [-0.15, -0.1) is 0 Å². The summed E-state index contributed by atoms with van der Waals surface area (Å²) in [6, 6.07) is 2.44. The van der Waals surface area contributed by atoms with E-state index in [1.807, 2.05) is 11.9 Å². The summed E-state index contributed by atoms with van der Waals surface area (Å²) in [4.78, 5) is 13.8. The minimum atomic E-state index is 0.214. The molecule has 0 radical (unpaired) electrons. The molecule has 82 valence electrons. The van der Waals surface area contributed by atoms with Crippen LogP contribution in [0.2, 0.25) is 0 Å². The molecule has 0 saturated carbocycles. The number of hydrogen-bond acceptors (Lipinski definition) is 3. The minimum Gasteiger partial charge on any atom is -0.335 e. The Balaban J connectivity index is 2.08. The molecule has 0 aromatic carbocycles. The van der Waals surface area contributed by atoms with Crippen molar-refractivity contribution in [3.8, 4) is 0 Å². The van der Waals surface area contributed by atoms with Gasteiger partial charge in [-0.1, -0.05) is 0 Å². The van der Waals surface area contributed by atoms with Crippen molar-refractivity contribution < 1.29 is 4.79 Å². The van der Waals surface area contributed by atoms with Gasteiger partial charge in [0.25, 0.3) is 0 Å². The third-order valence-corrected chi connectivity index (χ3v) is 3.53. The maximum Gasteiger partial charge on any atom is 0.237 e. The van der Waals surface area contributed by atoms with Gasteiger partial charge >= 0.3 is 0 Å². The Bertz CT molecular complexity index is 323. The van der Waals surface area contributed by atoms with Gasteiger partial charge < -0.3 is 10.2 Å². The number of likely N-dealkylation sites (N-methyl/N-ethyl adjacent to an activating group) is 1. The van der Waals surface area contributed by atoms with Crippen LogP contribution in [0.25, 0.3) is 0 Å². The molecular weight excluding hydrogens is 208 g/mol. The topological polar surface area (TPSA) is 32.3 Å². The summed E-state index contributed by atoms with van der Waals surface area (Å²) < 4.78 is 0. The predicted molar refractivity (Wildman–Crippen MR) is 61.9 cm³/mol. The number of amides is 1. The van der Waals surface area contributed by atoms with E-state index in [4.69, 9.17) is 0 Å². The number of nitrogens with zero attached hydrogens (tertiary/aromatic N) is 1. The van der Waals surface area contributed by atoms with Crippen LogP contribution in [0.3, 0.4) is 0 Å². The summed E-state index contributed by atoms with van der Waals surface area (Å²) in [6.45, 7) is 1.35. The van der Waals surface area contributed by atoms with Gasteiger partial charge in [0.05, 0.1) is 12.6 Å². The van der Waals surface area contributed by atoms with E-state index in [9.17, 15) is 4.79 Å². The third kappa shape index (κ3) is 2.21. The highest BCUT2D eigenvalue weighted by Gasteiger charge is 2.29. The highest BCUT2D eigenvalue weighted by Crippen LogP contribution is 2.32. The van der Waals surface area contributed by atoms with Gasteiger partial charge in [-0.25, -0.2) is 0 Å². The molecule has 1 aromatic heterocycles. The molecule has 2 rings (SSSR count). The zero-order chi connectivity index (χ0) is 10.7. The predicted octanol–water partition coefficient (Wildman–Crippen LogP) is 1.63. The Hall–Kier alpha value is -0.870. The second kappa shape index (κ2) is 4.77. The van der Waals surface area contributed by atoms with Gasteiger partial charge in [-0.3, -0.25) is 4.79 Å². The average molecular weight is 224 g/mol. The number of thiophene rings is 1. The first-order chi connectivity index (χ1) is 7.33. The summed E-state index contributed by atoms with van der Waals surface area (Å²) in [6.07, 6.45) is 2.22. The van der Waals surface area contributed by atoms with Crippen molar-refractivity contribution in [1.82, 2.24) is 10.2 Å². The first kappa shape index (κ1) is 10.6. The van der Waals surface area contributed by atoms with E-state index in [1.54, 1.807) is 11.3 Å². The SMILES string of the molecule is CNCC(=O)N1CCCC1c1ccsc1. The molecule has 1 aliphatic rings. The molecule has 4 heteroatoms. The molecule has 2 heterocycles. The Morgan fingerprint density at radius 1 is 1.73 bits per heavy atom. The third-order valence-electron chi connectivity index (χ3n) is 2.83. The number of carbonyl (C=O) groups excluding carboxylic acids is 1. The van der Waals surface area contributed by atoms with E-state index < -0.39 is 0 Å². The first-order valence-electron chi connectivity index (χ1n) is 5.29. The largest absolute Gasteiger partial charge is 0.335 e. The van der Waals surface area contributed by atoms with E-state index in [-0.39, 0.29) is 5.91 Å². The van der Waals surface area contributed by atoms with Gasteiger partial charge in [0.1, 0.15) is 0 Å². The maximum atomic E-state index is 11.8. The standard InChI is InChI=1S/C11H16N2OS/c1-12-7-11(14)13-5-2-3-10(13)9-4-6-15-8-9/h4,6,8,10,12H,2-3,5,7H2,1H3. The molecule has 1 atom stereocenters. The fraction of sp³-hybridized carbons (Fsp3) is 0.545. The van der Waals surface area contributed by atoms with Gasteiger partial charge in [0, 0.05) is 6.54 Å². The van der Waals surface area contributed by atoms with Gasteiger partial charge in [-0.05, 0) is 42.3 Å². The summed E-state index contributed by atoms with van der Waals surface area (Å²) in [5.74, 6) is 0.214. The van der Waals surface area contributed by atoms with E-state index in [0.29, 0.717) is 12.6 Å². The Morgan fingerprint density at radius 2 is 2.60 bits per heavy atom. The molecule has 1 fully saturated rings. The van der Waals surface area contributed by atoms with Crippen LogP contribution in [0.5, 0.6) is 0 Å². The van der Waals surface area contributed by atoms with Crippen molar-refractivity contribution in [2.75, 3.05) is 20.1 Å². The Kier molecular flexibility index (Phi) is 3.38. The summed E-state index contributed by atoms with van der Waals surface area (Å²) >= 11 is 1.70. The van der Waals surface area contributed by atoms with Crippen LogP contribution in [0.15, 0.2) is 16.8 Å². The van der Waals surface area contributed by atoms with Crippen molar-refractivity contribution in [2.24, 2.45) is 0 Å². The normalized spacial score (nSPS) is 20.9. The van der Waals surface area contributed by atoms with E-state index in [1.165, 1.54) is 5.56 Å². The summed E-state index contributed by atoms with van der Waals surface area (Å²) in [7, 11) is 1.81. The molecule has 0 spiro atoms. The number of likely N-dealkylation sites (tertiary alicyclic amines) is 1. The smallest absolute Gasteiger partial charge is 0.237 e. The van der Waals surface area contributed by atoms with Gasteiger partial charge in [-0.2, -0.15) is 11.3 Å². The lowest BCUT2D eigenvalue weighted by atomic mass is 10.1. The van der Waals surface area contributed by atoms with E-state index in [2.05, 4.69) is 22.1 Å². The van der Waals surface area contributed by atoms with E-state index >= 15 is 0 Å². The molecule has 0 bridgehead atoms. The quantitative estimate of drug-likeness (QED) is 0.846. The van der Waals surface area contributed by atoms with Gasteiger partial charge in [0.2, 0.25) is 5.91 Å². The van der Waals surface area contributed by atoms with Crippen molar-refractivity contribution in [3.05, 3.63) is 22.4 Å². The van der Waals surface area contributed by atoms with Crippen LogP contribution < -0.4 is 5.32 Å². The minimum absolute atomic E-state index is 0.214. The second-order valence-electron chi connectivity index (χ2n) is 3.83. The Labute approximate surface area is 94.1 Å². The molecule has 1 aromatic rings. The first-order valence-corrected chi connectivity index (χ1v) is 6.23. The summed E-state index contributed by atoms with van der Waals surface area (Å²) in [5.41, 5.74) is 1.29. The maximum absolute atomic E-state index is 11.8. The number of rotatable bonds is 3. The van der Waals surface area contributed by atoms with Crippen LogP contribution in [0.4, 0.5) is 0 Å². The van der Waals surface area contributed by atoms with Crippen molar-refractivity contribution in [2.45, 2.75) is 18.9 Å². The zero-order valence-corrected chi connectivity index (χ0v) is 9.72. The highest BCUT2D eigenvalue weighted by atomic mass is 32.1. The Morgan fingerprint density at radius 3 is 3.27 bits per heavy atom. The number of nitrogens with one attached hydrogen (secondary N) is 1. The van der Waals surface area contributed by atoms with Crippen molar-refractivity contribution in [3.63, 3.8) is 0 Å². The number of hydrogen-bond donors (Lipinski definition) is 1. The van der Waals surface area contributed by atoms with Crippen LogP contribution in [-0.2, 0) is 4.79 Å². The molecule has 1 saturated heterocycles. The molecule has 0 aliphatic carbocycles. The fourth-order valence-corrected chi connectivity index (χ4v) is 2.84. The average Bonchev–Trinajstić information content (AvgIpc) is 2.88. The molecule has 3 nitrogen and oxygen atoms in total. The lowest BCUT2D eigenvalue weighted by Crippen LogP contribution is -2.36. The van der Waals surface area contributed by atoms with Crippen LogP contribution >= 0.6 is 11.3 Å². The highest BCUT2D eigenvalue weighted by molar-refractivity contribution is 7.07. The zero-order valence-electron chi connectivity index (χ0n) is 8.90. The fourth-order valence-electron chi connectivity index (χ4n) is 2.13. The molecular formula is C11H16N2OS. The monoisotopic (exact) mass is 224 g/mol. The molecule has 1 amide bonds. The summed E-state index contributed by atoms with van der Waals surface area (Å²) in [5, 5.41) is 7.15. The number of carbonyl (C=O) groups is 1. The lowest BCUT2D eigenvalue weighted by molar-refractivity contribution is -0.131. The van der Waals surface area contributed by atoms with Crippen molar-refractivity contribution >= 4 is 17.2 Å². The van der Waals surface area contributed by atoms with Crippen LogP contribution in [0, 0.1) is 0 Å². The second-order valence-corrected chi connectivity index (χ2v) is 4.61. The van der Waals surface area contributed by atoms with Crippen LogP contribution in [0.1, 0.15) is 24.4 Å². The lowest BCUT2D eigenvalue weighted by Gasteiger charge is -2.24.